The maximum absolute atomic E-state index is 12.9. The van der Waals surface area contributed by atoms with Crippen LogP contribution < -0.4 is 0 Å². The molecule has 11 heteroatoms. The molecule has 1 aromatic heterocycles. The standard InChI is InChI=1S/C23H22F3N3O4S/c1-14(33-20(30)16-7-9-18(10-8-16)34-22(2,3)21(31)32)19-13-29(28-27-19)12-15-5-4-6-17(11-15)23(24,25)26/h4-11,13-14H,12H2,1-3H3,(H,31,32)/t14-/m1/s1. The molecule has 0 spiro atoms. The highest BCUT2D eigenvalue weighted by Gasteiger charge is 2.30. The number of ether oxygens (including phenoxy) is 1. The number of aromatic nitrogens is 3. The van der Waals surface area contributed by atoms with E-state index in [0.29, 0.717) is 16.2 Å². The van der Waals surface area contributed by atoms with Crippen LogP contribution >= 0.6 is 11.8 Å². The van der Waals surface area contributed by atoms with Gasteiger partial charge in [-0.3, -0.25) is 4.79 Å². The van der Waals surface area contributed by atoms with Gasteiger partial charge >= 0.3 is 18.1 Å². The lowest BCUT2D eigenvalue weighted by atomic mass is 10.1. The summed E-state index contributed by atoms with van der Waals surface area (Å²) in [5.74, 6) is -1.55. The zero-order valence-corrected chi connectivity index (χ0v) is 19.4. The molecule has 0 unspecified atom stereocenters. The van der Waals surface area contributed by atoms with Gasteiger partial charge in [0.25, 0.3) is 0 Å². The van der Waals surface area contributed by atoms with E-state index in [1.807, 2.05) is 0 Å². The molecule has 0 amide bonds. The van der Waals surface area contributed by atoms with Crippen LogP contribution in [0.5, 0.6) is 0 Å². The molecule has 0 saturated heterocycles. The molecule has 1 atom stereocenters. The summed E-state index contributed by atoms with van der Waals surface area (Å²) in [6.45, 7) is 4.85. The van der Waals surface area contributed by atoms with Crippen LogP contribution in [-0.2, 0) is 22.3 Å². The Morgan fingerprint density at radius 1 is 1.15 bits per heavy atom. The first-order valence-electron chi connectivity index (χ1n) is 10.1. The van der Waals surface area contributed by atoms with Crippen LogP contribution in [-0.4, -0.2) is 36.8 Å². The molecule has 0 aliphatic carbocycles. The summed E-state index contributed by atoms with van der Waals surface area (Å²) in [6.07, 6.45) is -3.68. The third kappa shape index (κ3) is 6.37. The second-order valence-electron chi connectivity index (χ2n) is 8.03. The molecule has 180 valence electrons. The third-order valence-electron chi connectivity index (χ3n) is 4.83. The predicted molar refractivity (Wildman–Crippen MR) is 118 cm³/mol. The molecule has 0 aliphatic heterocycles. The highest BCUT2D eigenvalue weighted by molar-refractivity contribution is 8.01. The molecule has 0 aliphatic rings. The van der Waals surface area contributed by atoms with Gasteiger partial charge in [0.1, 0.15) is 16.5 Å². The van der Waals surface area contributed by atoms with Crippen molar-refractivity contribution in [2.24, 2.45) is 0 Å². The Kier molecular flexibility index (Phi) is 7.35. The van der Waals surface area contributed by atoms with Crippen molar-refractivity contribution in [3.8, 4) is 0 Å². The van der Waals surface area contributed by atoms with Gasteiger partial charge in [-0.15, -0.1) is 16.9 Å². The molecule has 7 nitrogen and oxygen atoms in total. The van der Waals surface area contributed by atoms with Crippen LogP contribution in [0.25, 0.3) is 0 Å². The normalized spacial score (nSPS) is 12.9. The second-order valence-corrected chi connectivity index (χ2v) is 9.72. The molecule has 2 aromatic carbocycles. The van der Waals surface area contributed by atoms with Crippen molar-refractivity contribution >= 4 is 23.7 Å². The van der Waals surface area contributed by atoms with Crippen molar-refractivity contribution in [1.29, 1.82) is 0 Å². The molecule has 1 N–H and O–H groups in total. The third-order valence-corrected chi connectivity index (χ3v) is 6.03. The van der Waals surface area contributed by atoms with E-state index in [1.54, 1.807) is 51.1 Å². The van der Waals surface area contributed by atoms with Crippen LogP contribution in [0.3, 0.4) is 0 Å². The van der Waals surface area contributed by atoms with Gasteiger partial charge < -0.3 is 9.84 Å². The highest BCUT2D eigenvalue weighted by atomic mass is 32.2. The first-order chi connectivity index (χ1) is 15.8. The SMILES string of the molecule is C[C@@H](OC(=O)c1ccc(SC(C)(C)C(=O)O)cc1)c1cn(Cc2cccc(C(F)(F)F)c2)nn1. The van der Waals surface area contributed by atoms with E-state index in [2.05, 4.69) is 10.3 Å². The van der Waals surface area contributed by atoms with E-state index >= 15 is 0 Å². The molecule has 0 radical (unpaired) electrons. The Bertz CT molecular complexity index is 1180. The van der Waals surface area contributed by atoms with Gasteiger partial charge in [0.05, 0.1) is 23.9 Å². The molecular formula is C23H22F3N3O4S. The van der Waals surface area contributed by atoms with Gasteiger partial charge in [-0.2, -0.15) is 13.2 Å². The van der Waals surface area contributed by atoms with Crippen LogP contribution in [0.2, 0.25) is 0 Å². The average Bonchev–Trinajstić information content (AvgIpc) is 3.22. The number of benzene rings is 2. The van der Waals surface area contributed by atoms with Gasteiger partial charge in [-0.1, -0.05) is 17.3 Å². The fourth-order valence-electron chi connectivity index (χ4n) is 2.90. The number of halogens is 3. The summed E-state index contributed by atoms with van der Waals surface area (Å²) in [4.78, 5) is 24.4. The number of carboxylic acid groups (broad SMARTS) is 1. The molecule has 0 saturated carbocycles. The van der Waals surface area contributed by atoms with Gasteiger partial charge in [0.2, 0.25) is 0 Å². The van der Waals surface area contributed by atoms with E-state index in [-0.39, 0.29) is 12.1 Å². The number of esters is 1. The van der Waals surface area contributed by atoms with Gasteiger partial charge in [0.15, 0.2) is 0 Å². The number of aliphatic carboxylic acids is 1. The van der Waals surface area contributed by atoms with Crippen molar-refractivity contribution in [2.75, 3.05) is 0 Å². The molecule has 0 bridgehead atoms. The minimum absolute atomic E-state index is 0.0728. The van der Waals surface area contributed by atoms with Crippen LogP contribution in [0.1, 0.15) is 54.1 Å². The number of thioether (sulfide) groups is 1. The Labute approximate surface area is 197 Å². The maximum Gasteiger partial charge on any atom is 0.416 e. The molecule has 3 aromatic rings. The second kappa shape index (κ2) is 9.88. The van der Waals surface area contributed by atoms with Crippen LogP contribution in [0.15, 0.2) is 59.6 Å². The number of hydrogen-bond donors (Lipinski definition) is 1. The number of carbonyl (C=O) groups is 2. The quantitative estimate of drug-likeness (QED) is 0.340. The van der Waals surface area contributed by atoms with Crippen molar-refractivity contribution in [3.05, 3.63) is 77.1 Å². The van der Waals surface area contributed by atoms with Crippen LogP contribution in [0.4, 0.5) is 13.2 Å². The lowest BCUT2D eigenvalue weighted by Gasteiger charge is -2.18. The average molecular weight is 494 g/mol. The topological polar surface area (TPSA) is 94.3 Å². The number of alkyl halides is 3. The maximum atomic E-state index is 12.9. The van der Waals surface area contributed by atoms with E-state index in [4.69, 9.17) is 4.74 Å². The van der Waals surface area contributed by atoms with E-state index in [1.165, 1.54) is 16.9 Å². The first-order valence-corrected chi connectivity index (χ1v) is 11.0. The molecule has 3 rings (SSSR count). The summed E-state index contributed by atoms with van der Waals surface area (Å²) < 4.78 is 44.5. The van der Waals surface area contributed by atoms with E-state index in [9.17, 15) is 27.9 Å². The Morgan fingerprint density at radius 2 is 1.82 bits per heavy atom. The molecule has 34 heavy (non-hydrogen) atoms. The Balaban J connectivity index is 1.62. The molecule has 1 heterocycles. The van der Waals surface area contributed by atoms with Gasteiger partial charge in [-0.25, -0.2) is 9.48 Å². The number of carbonyl (C=O) groups excluding carboxylic acids is 1. The first kappa shape index (κ1) is 25.3. The minimum atomic E-state index is -4.43. The minimum Gasteiger partial charge on any atom is -0.480 e. The van der Waals surface area contributed by atoms with Gasteiger partial charge in [0, 0.05) is 4.90 Å². The van der Waals surface area contributed by atoms with Crippen molar-refractivity contribution in [2.45, 2.75) is 49.2 Å². The monoisotopic (exact) mass is 493 g/mol. The van der Waals surface area contributed by atoms with E-state index in [0.717, 1.165) is 23.9 Å². The number of carboxylic acids is 1. The zero-order chi connectivity index (χ0) is 25.1. The predicted octanol–water partition coefficient (Wildman–Crippen LogP) is 5.22. The summed E-state index contributed by atoms with van der Waals surface area (Å²) in [7, 11) is 0. The van der Waals surface area contributed by atoms with E-state index < -0.39 is 34.5 Å². The van der Waals surface area contributed by atoms with Gasteiger partial charge in [-0.05, 0) is 62.7 Å². The summed E-state index contributed by atoms with van der Waals surface area (Å²) in [6, 6.07) is 11.3. The lowest BCUT2D eigenvalue weighted by molar-refractivity contribution is -0.139. The largest absolute Gasteiger partial charge is 0.480 e. The van der Waals surface area contributed by atoms with Crippen molar-refractivity contribution in [3.63, 3.8) is 0 Å². The summed E-state index contributed by atoms with van der Waals surface area (Å²) in [5, 5.41) is 17.1. The van der Waals surface area contributed by atoms with Crippen molar-refractivity contribution < 1.29 is 32.6 Å². The summed E-state index contributed by atoms with van der Waals surface area (Å²) >= 11 is 1.16. The number of hydrogen-bond acceptors (Lipinski definition) is 6. The zero-order valence-electron chi connectivity index (χ0n) is 18.5. The lowest BCUT2D eigenvalue weighted by Crippen LogP contribution is -2.26. The van der Waals surface area contributed by atoms with Crippen LogP contribution in [0, 0.1) is 0 Å². The highest BCUT2D eigenvalue weighted by Crippen LogP contribution is 2.33. The summed E-state index contributed by atoms with van der Waals surface area (Å²) in [5.41, 5.74) is 0.278. The Morgan fingerprint density at radius 3 is 2.44 bits per heavy atom. The Hall–Kier alpha value is -3.34. The fourth-order valence-corrected chi connectivity index (χ4v) is 3.85. The molecule has 0 fully saturated rings. The molecular weight excluding hydrogens is 471 g/mol. The number of rotatable bonds is 8. The number of nitrogens with zero attached hydrogens (tertiary/aromatic N) is 3. The van der Waals surface area contributed by atoms with Crippen molar-refractivity contribution in [1.82, 2.24) is 15.0 Å². The fraction of sp³-hybridized carbons (Fsp3) is 0.304. The smallest absolute Gasteiger partial charge is 0.416 e.